The Bertz CT molecular complexity index is 319. The van der Waals surface area contributed by atoms with Crippen LogP contribution in [0.3, 0.4) is 0 Å². The summed E-state index contributed by atoms with van der Waals surface area (Å²) in [5.41, 5.74) is 1.04. The van der Waals surface area contributed by atoms with Gasteiger partial charge in [0.2, 0.25) is 0 Å². The zero-order valence-electron chi connectivity index (χ0n) is 7.87. The van der Waals surface area contributed by atoms with Crippen LogP contribution in [0.4, 0.5) is 0 Å². The zero-order valence-corrected chi connectivity index (χ0v) is 9.46. The predicted molar refractivity (Wildman–Crippen MR) is 58.6 cm³/mol. The van der Waals surface area contributed by atoms with Crippen molar-refractivity contribution in [2.45, 2.75) is 18.8 Å². The molecule has 1 heterocycles. The Hall–Kier alpha value is -0.540. The highest BCUT2D eigenvalue weighted by molar-refractivity contribution is 9.10. The quantitative estimate of drug-likeness (QED) is 0.837. The molecule has 0 radical (unpaired) electrons. The van der Waals surface area contributed by atoms with Gasteiger partial charge in [0.25, 0.3) is 0 Å². The first-order chi connectivity index (χ1) is 6.77. The van der Waals surface area contributed by atoms with E-state index in [1.54, 1.807) is 6.07 Å². The van der Waals surface area contributed by atoms with Crippen LogP contribution in [0.15, 0.2) is 22.7 Å². The van der Waals surface area contributed by atoms with Crippen molar-refractivity contribution in [2.75, 3.05) is 13.2 Å². The zero-order chi connectivity index (χ0) is 9.97. The SMILES string of the molecule is Oc1ccc(Br)cc1C1CCOCC1. The number of ether oxygens (including phenoxy) is 1. The van der Waals surface area contributed by atoms with E-state index < -0.39 is 0 Å². The van der Waals surface area contributed by atoms with Gasteiger partial charge >= 0.3 is 0 Å². The summed E-state index contributed by atoms with van der Waals surface area (Å²) >= 11 is 3.42. The van der Waals surface area contributed by atoms with Gasteiger partial charge in [-0.15, -0.1) is 0 Å². The molecule has 3 heteroatoms. The number of rotatable bonds is 1. The van der Waals surface area contributed by atoms with E-state index in [1.807, 2.05) is 12.1 Å². The number of phenols is 1. The molecule has 1 aromatic rings. The van der Waals surface area contributed by atoms with Crippen LogP contribution in [-0.4, -0.2) is 18.3 Å². The monoisotopic (exact) mass is 256 g/mol. The van der Waals surface area contributed by atoms with Gasteiger partial charge in [0.15, 0.2) is 0 Å². The summed E-state index contributed by atoms with van der Waals surface area (Å²) in [6.07, 6.45) is 2.01. The number of aromatic hydroxyl groups is 1. The van der Waals surface area contributed by atoms with E-state index in [9.17, 15) is 5.11 Å². The Labute approximate surface area is 92.0 Å². The fourth-order valence-corrected chi connectivity index (χ4v) is 2.24. The molecule has 0 saturated carbocycles. The van der Waals surface area contributed by atoms with Crippen LogP contribution in [-0.2, 0) is 4.74 Å². The third-order valence-electron chi connectivity index (χ3n) is 2.65. The van der Waals surface area contributed by atoms with E-state index in [0.29, 0.717) is 11.7 Å². The van der Waals surface area contributed by atoms with E-state index in [2.05, 4.69) is 15.9 Å². The van der Waals surface area contributed by atoms with Gasteiger partial charge in [-0.2, -0.15) is 0 Å². The van der Waals surface area contributed by atoms with Crippen molar-refractivity contribution in [3.05, 3.63) is 28.2 Å². The van der Waals surface area contributed by atoms with Gasteiger partial charge in [0, 0.05) is 17.7 Å². The van der Waals surface area contributed by atoms with Crippen LogP contribution in [0, 0.1) is 0 Å². The minimum atomic E-state index is 0.403. The molecule has 0 amide bonds. The summed E-state index contributed by atoms with van der Waals surface area (Å²) in [4.78, 5) is 0. The summed E-state index contributed by atoms with van der Waals surface area (Å²) in [7, 11) is 0. The van der Waals surface area contributed by atoms with Gasteiger partial charge in [0.05, 0.1) is 0 Å². The molecule has 0 aromatic heterocycles. The molecule has 1 N–H and O–H groups in total. The van der Waals surface area contributed by atoms with Crippen molar-refractivity contribution in [1.29, 1.82) is 0 Å². The van der Waals surface area contributed by atoms with Gasteiger partial charge in [-0.05, 0) is 42.5 Å². The summed E-state index contributed by atoms with van der Waals surface area (Å²) in [5, 5.41) is 9.73. The maximum Gasteiger partial charge on any atom is 0.119 e. The molecule has 1 saturated heterocycles. The average molecular weight is 257 g/mol. The first-order valence-corrected chi connectivity index (χ1v) is 5.63. The van der Waals surface area contributed by atoms with Crippen LogP contribution in [0.5, 0.6) is 5.75 Å². The van der Waals surface area contributed by atoms with Crippen molar-refractivity contribution >= 4 is 15.9 Å². The Morgan fingerprint density at radius 1 is 1.29 bits per heavy atom. The maximum atomic E-state index is 9.73. The van der Waals surface area contributed by atoms with E-state index in [0.717, 1.165) is 36.1 Å². The van der Waals surface area contributed by atoms with Crippen molar-refractivity contribution in [3.8, 4) is 5.75 Å². The largest absolute Gasteiger partial charge is 0.508 e. The lowest BCUT2D eigenvalue weighted by molar-refractivity contribution is 0.0848. The Balaban J connectivity index is 2.24. The third kappa shape index (κ3) is 2.10. The molecule has 1 aliphatic heterocycles. The molecule has 2 rings (SSSR count). The summed E-state index contributed by atoms with van der Waals surface area (Å²) in [6.45, 7) is 1.60. The minimum Gasteiger partial charge on any atom is -0.508 e. The molecule has 1 aliphatic rings. The standard InChI is InChI=1S/C11H13BrO2/c12-9-1-2-11(13)10(7-9)8-3-5-14-6-4-8/h1-2,7-8,13H,3-6H2. The fourth-order valence-electron chi connectivity index (χ4n) is 1.86. The van der Waals surface area contributed by atoms with Crippen molar-refractivity contribution in [3.63, 3.8) is 0 Å². The maximum absolute atomic E-state index is 9.73. The van der Waals surface area contributed by atoms with Crippen LogP contribution in [0.1, 0.15) is 24.3 Å². The van der Waals surface area contributed by atoms with Crippen LogP contribution < -0.4 is 0 Å². The fraction of sp³-hybridized carbons (Fsp3) is 0.455. The van der Waals surface area contributed by atoms with E-state index >= 15 is 0 Å². The summed E-state index contributed by atoms with van der Waals surface area (Å²) in [6, 6.07) is 5.61. The summed E-state index contributed by atoms with van der Waals surface area (Å²) < 4.78 is 6.32. The summed E-state index contributed by atoms with van der Waals surface area (Å²) in [5.74, 6) is 0.848. The lowest BCUT2D eigenvalue weighted by Gasteiger charge is -2.23. The highest BCUT2D eigenvalue weighted by Gasteiger charge is 2.18. The van der Waals surface area contributed by atoms with Crippen molar-refractivity contribution in [1.82, 2.24) is 0 Å². The van der Waals surface area contributed by atoms with Crippen LogP contribution >= 0.6 is 15.9 Å². The predicted octanol–water partition coefficient (Wildman–Crippen LogP) is 3.05. The molecular weight excluding hydrogens is 244 g/mol. The molecule has 1 fully saturated rings. The lowest BCUT2D eigenvalue weighted by atomic mass is 9.91. The van der Waals surface area contributed by atoms with Crippen molar-refractivity contribution in [2.24, 2.45) is 0 Å². The van der Waals surface area contributed by atoms with Crippen LogP contribution in [0.25, 0.3) is 0 Å². The number of hydrogen-bond donors (Lipinski definition) is 1. The number of phenolic OH excluding ortho intramolecular Hbond substituents is 1. The van der Waals surface area contributed by atoms with E-state index in [-0.39, 0.29) is 0 Å². The molecule has 14 heavy (non-hydrogen) atoms. The van der Waals surface area contributed by atoms with Gasteiger partial charge in [-0.3, -0.25) is 0 Å². The molecule has 0 aliphatic carbocycles. The van der Waals surface area contributed by atoms with Gasteiger partial charge in [-0.1, -0.05) is 15.9 Å². The topological polar surface area (TPSA) is 29.5 Å². The van der Waals surface area contributed by atoms with E-state index in [4.69, 9.17) is 4.74 Å². The Morgan fingerprint density at radius 3 is 2.71 bits per heavy atom. The van der Waals surface area contributed by atoms with Gasteiger partial charge < -0.3 is 9.84 Å². The highest BCUT2D eigenvalue weighted by atomic mass is 79.9. The Morgan fingerprint density at radius 2 is 2.00 bits per heavy atom. The first-order valence-electron chi connectivity index (χ1n) is 4.83. The molecule has 0 bridgehead atoms. The Kier molecular flexibility index (Phi) is 3.08. The molecule has 0 atom stereocenters. The second-order valence-corrected chi connectivity index (χ2v) is 4.51. The number of halogens is 1. The first kappa shape index (κ1) is 9.99. The van der Waals surface area contributed by atoms with Crippen LogP contribution in [0.2, 0.25) is 0 Å². The molecule has 0 unspecified atom stereocenters. The lowest BCUT2D eigenvalue weighted by Crippen LogP contribution is -2.14. The third-order valence-corrected chi connectivity index (χ3v) is 3.14. The average Bonchev–Trinajstić information content (AvgIpc) is 2.23. The molecule has 1 aromatic carbocycles. The van der Waals surface area contributed by atoms with Gasteiger partial charge in [-0.25, -0.2) is 0 Å². The molecule has 2 nitrogen and oxygen atoms in total. The van der Waals surface area contributed by atoms with E-state index in [1.165, 1.54) is 0 Å². The second kappa shape index (κ2) is 4.32. The second-order valence-electron chi connectivity index (χ2n) is 3.59. The molecule has 76 valence electrons. The number of hydrogen-bond acceptors (Lipinski definition) is 2. The minimum absolute atomic E-state index is 0.403. The molecule has 0 spiro atoms. The van der Waals surface area contributed by atoms with Gasteiger partial charge in [0.1, 0.15) is 5.75 Å². The molecular formula is C11H13BrO2. The van der Waals surface area contributed by atoms with Crippen molar-refractivity contribution < 1.29 is 9.84 Å². The number of benzene rings is 1. The normalized spacial score (nSPS) is 18.4. The smallest absolute Gasteiger partial charge is 0.119 e. The highest BCUT2D eigenvalue weighted by Crippen LogP contribution is 2.34.